The van der Waals surface area contributed by atoms with Crippen LogP contribution in [-0.2, 0) is 9.53 Å². The Labute approximate surface area is 132 Å². The first-order valence-electron chi connectivity index (χ1n) is 6.82. The third kappa shape index (κ3) is 5.51. The highest BCUT2D eigenvalue weighted by Gasteiger charge is 2.20. The molecule has 1 amide bonds. The fourth-order valence-electron chi connectivity index (χ4n) is 1.70. The number of carboxylic acid groups (broad SMARTS) is 1. The first-order chi connectivity index (χ1) is 10.9. The van der Waals surface area contributed by atoms with E-state index in [4.69, 9.17) is 21.3 Å². The number of nitrogen functional groups attached to an aromatic ring is 2. The van der Waals surface area contributed by atoms with Crippen molar-refractivity contribution in [2.75, 3.05) is 31.7 Å². The predicted octanol–water partition coefficient (Wildman–Crippen LogP) is -0.545. The number of ketones is 1. The van der Waals surface area contributed by atoms with Crippen LogP contribution in [0.15, 0.2) is 0 Å². The minimum atomic E-state index is -1.05. The maximum Gasteiger partial charge on any atom is 0.305 e. The number of carbonyl (C=O) groups excluding carboxylic acids is 2. The van der Waals surface area contributed by atoms with Crippen LogP contribution in [0.3, 0.4) is 0 Å². The third-order valence-electron chi connectivity index (χ3n) is 2.81. The minimum absolute atomic E-state index is 0.0904. The van der Waals surface area contributed by atoms with Crippen LogP contribution in [0.5, 0.6) is 0 Å². The van der Waals surface area contributed by atoms with Crippen molar-refractivity contribution in [1.29, 1.82) is 0 Å². The normalized spacial score (nSPS) is 10.3. The second kappa shape index (κ2) is 8.63. The summed E-state index contributed by atoms with van der Waals surface area (Å²) in [7, 11) is 1.52. The van der Waals surface area contributed by atoms with Crippen LogP contribution in [0.2, 0.25) is 0 Å². The van der Waals surface area contributed by atoms with Crippen LogP contribution < -0.4 is 16.8 Å². The van der Waals surface area contributed by atoms with E-state index in [1.807, 2.05) is 0 Å². The molecule has 126 valence electrons. The summed E-state index contributed by atoms with van der Waals surface area (Å²) in [5, 5.41) is 10.8. The van der Waals surface area contributed by atoms with E-state index >= 15 is 0 Å². The second-order valence-electron chi connectivity index (χ2n) is 4.61. The van der Waals surface area contributed by atoms with Crippen LogP contribution in [0.25, 0.3) is 0 Å². The zero-order valence-corrected chi connectivity index (χ0v) is 12.7. The van der Waals surface area contributed by atoms with Gasteiger partial charge in [-0.1, -0.05) is 0 Å². The number of carboxylic acids is 1. The van der Waals surface area contributed by atoms with Gasteiger partial charge >= 0.3 is 5.97 Å². The Morgan fingerprint density at radius 2 is 1.74 bits per heavy atom. The number of methoxy groups -OCH3 is 1. The van der Waals surface area contributed by atoms with E-state index in [1.54, 1.807) is 0 Å². The van der Waals surface area contributed by atoms with Crippen LogP contribution in [-0.4, -0.2) is 53.0 Å². The fourth-order valence-corrected chi connectivity index (χ4v) is 1.70. The summed E-state index contributed by atoms with van der Waals surface area (Å²) in [6.07, 6.45) is 0.411. The summed E-state index contributed by atoms with van der Waals surface area (Å²) in [5.74, 6) is -2.56. The zero-order valence-electron chi connectivity index (χ0n) is 12.7. The van der Waals surface area contributed by atoms with Gasteiger partial charge < -0.3 is 26.6 Å². The molecule has 10 heteroatoms. The molecule has 0 saturated carbocycles. The molecule has 0 aliphatic carbocycles. The van der Waals surface area contributed by atoms with E-state index in [0.29, 0.717) is 13.0 Å². The van der Waals surface area contributed by atoms with Crippen LogP contribution >= 0.6 is 0 Å². The van der Waals surface area contributed by atoms with Gasteiger partial charge in [0.05, 0.1) is 6.42 Å². The molecule has 0 spiro atoms. The number of hydrogen-bond acceptors (Lipinski definition) is 8. The molecule has 1 aromatic rings. The maximum atomic E-state index is 12.0. The van der Waals surface area contributed by atoms with Crippen molar-refractivity contribution in [2.45, 2.75) is 19.3 Å². The first-order valence-corrected chi connectivity index (χ1v) is 6.82. The number of Topliss-reactive ketones (excluding diaryl/α,β-unsaturated/α-hetero) is 1. The summed E-state index contributed by atoms with van der Waals surface area (Å²) in [6, 6.07) is 0. The Morgan fingerprint density at radius 1 is 1.13 bits per heavy atom. The third-order valence-corrected chi connectivity index (χ3v) is 2.81. The van der Waals surface area contributed by atoms with Gasteiger partial charge in [0, 0.05) is 26.7 Å². The number of anilines is 2. The fraction of sp³-hybridized carbons (Fsp3) is 0.462. The van der Waals surface area contributed by atoms with Crippen molar-refractivity contribution >= 4 is 29.3 Å². The minimum Gasteiger partial charge on any atom is -0.481 e. The SMILES string of the molecule is COCCCC(=O)c1nc(N)c(C(=O)NCCC(=O)O)nc1N. The molecular formula is C13H19N5O5. The number of amides is 1. The first kappa shape index (κ1) is 18.3. The number of ether oxygens (including phenoxy) is 1. The quantitative estimate of drug-likeness (QED) is 0.343. The summed E-state index contributed by atoms with van der Waals surface area (Å²) < 4.78 is 4.85. The molecule has 1 rings (SSSR count). The molecule has 0 bridgehead atoms. The van der Waals surface area contributed by atoms with E-state index in [2.05, 4.69) is 15.3 Å². The number of nitrogens with one attached hydrogen (secondary N) is 1. The highest BCUT2D eigenvalue weighted by molar-refractivity contribution is 6.01. The lowest BCUT2D eigenvalue weighted by Crippen LogP contribution is -2.29. The highest BCUT2D eigenvalue weighted by Crippen LogP contribution is 2.15. The number of nitrogens with zero attached hydrogens (tertiary/aromatic N) is 2. The summed E-state index contributed by atoms with van der Waals surface area (Å²) in [6.45, 7) is 0.325. The van der Waals surface area contributed by atoms with Gasteiger partial charge in [0.25, 0.3) is 5.91 Å². The zero-order chi connectivity index (χ0) is 17.4. The monoisotopic (exact) mass is 325 g/mol. The van der Waals surface area contributed by atoms with Gasteiger partial charge in [0.2, 0.25) is 0 Å². The van der Waals surface area contributed by atoms with E-state index in [0.717, 1.165) is 0 Å². The van der Waals surface area contributed by atoms with Gasteiger partial charge in [-0.3, -0.25) is 14.4 Å². The topological polar surface area (TPSA) is 171 Å². The Hall–Kier alpha value is -2.75. The lowest BCUT2D eigenvalue weighted by molar-refractivity contribution is -0.136. The second-order valence-corrected chi connectivity index (χ2v) is 4.61. The Kier molecular flexibility index (Phi) is 6.87. The smallest absolute Gasteiger partial charge is 0.305 e. The molecule has 0 saturated heterocycles. The van der Waals surface area contributed by atoms with Gasteiger partial charge in [0.15, 0.2) is 28.8 Å². The van der Waals surface area contributed by atoms with Gasteiger partial charge in [-0.05, 0) is 6.42 Å². The molecule has 10 nitrogen and oxygen atoms in total. The molecule has 1 heterocycles. The molecule has 0 radical (unpaired) electrons. The molecule has 0 atom stereocenters. The number of hydrogen-bond donors (Lipinski definition) is 4. The van der Waals surface area contributed by atoms with Crippen molar-refractivity contribution in [3.05, 3.63) is 11.4 Å². The van der Waals surface area contributed by atoms with Gasteiger partial charge in [-0.15, -0.1) is 0 Å². The number of carbonyl (C=O) groups is 3. The largest absolute Gasteiger partial charge is 0.481 e. The molecule has 23 heavy (non-hydrogen) atoms. The maximum absolute atomic E-state index is 12.0. The van der Waals surface area contributed by atoms with Gasteiger partial charge in [-0.25, -0.2) is 9.97 Å². The average molecular weight is 325 g/mol. The lowest BCUT2D eigenvalue weighted by atomic mass is 10.1. The van der Waals surface area contributed by atoms with Crippen molar-refractivity contribution in [1.82, 2.24) is 15.3 Å². The molecule has 0 aliphatic rings. The van der Waals surface area contributed by atoms with Gasteiger partial charge in [0.1, 0.15) is 0 Å². The molecule has 1 aromatic heterocycles. The van der Waals surface area contributed by atoms with E-state index in [-0.39, 0.29) is 48.2 Å². The Bertz CT molecular complexity index is 605. The summed E-state index contributed by atoms with van der Waals surface area (Å²) >= 11 is 0. The summed E-state index contributed by atoms with van der Waals surface area (Å²) in [5.41, 5.74) is 10.9. The van der Waals surface area contributed by atoms with Crippen molar-refractivity contribution in [3.8, 4) is 0 Å². The van der Waals surface area contributed by atoms with Crippen molar-refractivity contribution in [3.63, 3.8) is 0 Å². The van der Waals surface area contributed by atoms with E-state index in [1.165, 1.54) is 7.11 Å². The molecule has 0 fully saturated rings. The van der Waals surface area contributed by atoms with Crippen LogP contribution in [0.4, 0.5) is 11.6 Å². The predicted molar refractivity (Wildman–Crippen MR) is 80.9 cm³/mol. The number of aliphatic carboxylic acids is 1. The van der Waals surface area contributed by atoms with E-state index in [9.17, 15) is 14.4 Å². The average Bonchev–Trinajstić information content (AvgIpc) is 2.48. The highest BCUT2D eigenvalue weighted by atomic mass is 16.5. The molecule has 0 aromatic carbocycles. The number of rotatable bonds is 9. The van der Waals surface area contributed by atoms with Crippen molar-refractivity contribution < 1.29 is 24.2 Å². The van der Waals surface area contributed by atoms with Crippen LogP contribution in [0.1, 0.15) is 40.2 Å². The summed E-state index contributed by atoms with van der Waals surface area (Å²) in [4.78, 5) is 41.8. The molecular weight excluding hydrogens is 306 g/mol. The van der Waals surface area contributed by atoms with Crippen molar-refractivity contribution in [2.24, 2.45) is 0 Å². The molecule has 0 unspecified atom stereocenters. The molecule has 6 N–H and O–H groups in total. The number of aromatic nitrogens is 2. The van der Waals surface area contributed by atoms with Crippen LogP contribution in [0, 0.1) is 0 Å². The number of nitrogens with two attached hydrogens (primary N) is 2. The standard InChI is InChI=1S/C13H19N5O5/c1-23-6-2-3-7(19)9-11(14)18-10(12(15)17-9)13(22)16-5-4-8(20)21/h2-6H2,1H3,(H2,14,18)(H2,15,17)(H,16,22)(H,20,21). The van der Waals surface area contributed by atoms with E-state index < -0.39 is 11.9 Å². The Morgan fingerprint density at radius 3 is 2.35 bits per heavy atom. The Balaban J connectivity index is 2.81. The molecule has 0 aliphatic heterocycles. The van der Waals surface area contributed by atoms with Gasteiger partial charge in [-0.2, -0.15) is 0 Å². The lowest BCUT2D eigenvalue weighted by Gasteiger charge is -2.09.